The molecule has 1 amide bonds. The molecule has 32 heavy (non-hydrogen) atoms. The van der Waals surface area contributed by atoms with Crippen LogP contribution in [0.25, 0.3) is 11.3 Å². The minimum absolute atomic E-state index is 0.160. The van der Waals surface area contributed by atoms with E-state index in [0.29, 0.717) is 11.7 Å². The molecule has 6 heteroatoms. The molecule has 2 aromatic carbocycles. The third kappa shape index (κ3) is 4.22. The third-order valence-electron chi connectivity index (χ3n) is 6.54. The van der Waals surface area contributed by atoms with Crippen LogP contribution in [0, 0.1) is 5.82 Å². The average molecular weight is 431 g/mol. The van der Waals surface area contributed by atoms with Gasteiger partial charge in [-0.3, -0.25) is 4.79 Å². The van der Waals surface area contributed by atoms with Crippen molar-refractivity contribution in [3.63, 3.8) is 0 Å². The first-order valence-electron chi connectivity index (χ1n) is 11.4. The van der Waals surface area contributed by atoms with E-state index in [9.17, 15) is 9.18 Å². The summed E-state index contributed by atoms with van der Waals surface area (Å²) >= 11 is 0. The average Bonchev–Trinajstić information content (AvgIpc) is 2.80. The predicted octanol–water partition coefficient (Wildman–Crippen LogP) is 5.19. The zero-order valence-corrected chi connectivity index (χ0v) is 18.0. The number of fused-ring (bicyclic) bond motifs is 3. The summed E-state index contributed by atoms with van der Waals surface area (Å²) in [6.07, 6.45) is 7.48. The Morgan fingerprint density at radius 2 is 1.81 bits per heavy atom. The van der Waals surface area contributed by atoms with E-state index >= 15 is 0 Å². The van der Waals surface area contributed by atoms with Crippen LogP contribution in [0.5, 0.6) is 0 Å². The Balaban J connectivity index is 1.49. The van der Waals surface area contributed by atoms with Crippen LogP contribution < -0.4 is 11.1 Å². The lowest BCUT2D eigenvalue weighted by atomic mass is 9.85. The number of nitrogens with one attached hydrogen (secondary N) is 1. The van der Waals surface area contributed by atoms with Gasteiger partial charge >= 0.3 is 0 Å². The monoisotopic (exact) mass is 430 g/mol. The van der Waals surface area contributed by atoms with Gasteiger partial charge in [0.05, 0.1) is 23.5 Å². The van der Waals surface area contributed by atoms with Crippen molar-refractivity contribution in [3.05, 3.63) is 70.8 Å². The van der Waals surface area contributed by atoms with Crippen molar-refractivity contribution in [2.45, 2.75) is 57.3 Å². The predicted molar refractivity (Wildman–Crippen MR) is 124 cm³/mol. The van der Waals surface area contributed by atoms with Crippen molar-refractivity contribution in [1.29, 1.82) is 0 Å². The first-order chi connectivity index (χ1) is 15.6. The first-order valence-corrected chi connectivity index (χ1v) is 11.4. The van der Waals surface area contributed by atoms with Crippen LogP contribution in [0.2, 0.25) is 0 Å². The number of nitrogen functional groups attached to an aromatic ring is 1. The fraction of sp³-hybridized carbons (Fsp3) is 0.346. The second-order valence-corrected chi connectivity index (χ2v) is 8.86. The smallest absolute Gasteiger partial charge is 0.229 e. The largest absolute Gasteiger partial charge is 0.399 e. The van der Waals surface area contributed by atoms with Crippen LogP contribution in [0.1, 0.15) is 60.5 Å². The van der Waals surface area contributed by atoms with Gasteiger partial charge in [-0.1, -0.05) is 37.5 Å². The van der Waals surface area contributed by atoms with Gasteiger partial charge in [0.1, 0.15) is 5.82 Å². The number of hydrogen-bond acceptors (Lipinski definition) is 4. The van der Waals surface area contributed by atoms with Crippen molar-refractivity contribution < 1.29 is 9.18 Å². The van der Waals surface area contributed by atoms with E-state index in [0.717, 1.165) is 59.6 Å². The van der Waals surface area contributed by atoms with Gasteiger partial charge < -0.3 is 11.1 Å². The van der Waals surface area contributed by atoms with Gasteiger partial charge in [0.25, 0.3) is 0 Å². The highest BCUT2D eigenvalue weighted by molar-refractivity contribution is 5.92. The van der Waals surface area contributed by atoms with Crippen LogP contribution in [0.15, 0.2) is 42.5 Å². The van der Waals surface area contributed by atoms with E-state index in [1.165, 1.54) is 37.0 Å². The minimum Gasteiger partial charge on any atom is -0.399 e. The molecule has 0 saturated heterocycles. The number of carbonyl (C=O) groups is 1. The van der Waals surface area contributed by atoms with Crippen molar-refractivity contribution in [3.8, 4) is 11.3 Å². The molecule has 3 N–H and O–H groups in total. The zero-order chi connectivity index (χ0) is 22.1. The number of halogens is 1. The highest BCUT2D eigenvalue weighted by Crippen LogP contribution is 2.39. The Bertz CT molecular complexity index is 1150. The molecular weight excluding hydrogens is 403 g/mol. The normalized spacial score (nSPS) is 15.7. The summed E-state index contributed by atoms with van der Waals surface area (Å²) < 4.78 is 13.2. The lowest BCUT2D eigenvalue weighted by Gasteiger charge is -2.26. The van der Waals surface area contributed by atoms with Crippen molar-refractivity contribution >= 4 is 17.4 Å². The van der Waals surface area contributed by atoms with E-state index in [4.69, 9.17) is 15.7 Å². The Labute approximate surface area is 187 Å². The van der Waals surface area contributed by atoms with Gasteiger partial charge in [0, 0.05) is 17.2 Å². The highest BCUT2D eigenvalue weighted by Gasteiger charge is 2.27. The van der Waals surface area contributed by atoms with Crippen LogP contribution in [0.4, 0.5) is 15.9 Å². The lowest BCUT2D eigenvalue weighted by molar-refractivity contribution is -0.115. The molecule has 0 atom stereocenters. The van der Waals surface area contributed by atoms with Crippen LogP contribution in [-0.2, 0) is 24.1 Å². The van der Waals surface area contributed by atoms with E-state index in [2.05, 4.69) is 5.32 Å². The van der Waals surface area contributed by atoms with Gasteiger partial charge in [-0.25, -0.2) is 14.4 Å². The number of amides is 1. The molecule has 1 heterocycles. The summed E-state index contributed by atoms with van der Waals surface area (Å²) in [6, 6.07) is 12.0. The third-order valence-corrected chi connectivity index (χ3v) is 6.54. The number of carbonyl (C=O) groups excluding carboxylic acids is 1. The molecular formula is C26H27FN4O. The standard InChI is InChI=1S/C26H27FN4O/c27-19-9-6-16(7-10-19)14-23(32)30-26-24(17-4-2-1-3-5-17)31-25-21-12-11-20(28)15-18(21)8-13-22(25)29-26/h6-7,9-12,15,17H,1-5,8,13-14,28H2,(H,29,30,32). The van der Waals surface area contributed by atoms with Gasteiger partial charge in [-0.2, -0.15) is 0 Å². The van der Waals surface area contributed by atoms with Gasteiger partial charge in [0.2, 0.25) is 5.91 Å². The number of hydrogen-bond donors (Lipinski definition) is 2. The minimum atomic E-state index is -0.309. The Kier molecular flexibility index (Phi) is 5.60. The van der Waals surface area contributed by atoms with E-state index < -0.39 is 0 Å². The number of rotatable bonds is 4. The van der Waals surface area contributed by atoms with E-state index in [-0.39, 0.29) is 18.1 Å². The molecule has 164 valence electrons. The van der Waals surface area contributed by atoms with Crippen LogP contribution >= 0.6 is 0 Å². The summed E-state index contributed by atoms with van der Waals surface area (Å²) in [6.45, 7) is 0. The molecule has 2 aliphatic carbocycles. The zero-order valence-electron chi connectivity index (χ0n) is 18.0. The molecule has 2 aliphatic rings. The van der Waals surface area contributed by atoms with E-state index in [1.54, 1.807) is 12.1 Å². The lowest BCUT2D eigenvalue weighted by Crippen LogP contribution is -2.21. The molecule has 1 fully saturated rings. The summed E-state index contributed by atoms with van der Waals surface area (Å²) in [5, 5.41) is 3.03. The summed E-state index contributed by atoms with van der Waals surface area (Å²) in [5.74, 6) is 0.409. The number of aromatic nitrogens is 2. The number of nitrogens with two attached hydrogens (primary N) is 1. The summed E-state index contributed by atoms with van der Waals surface area (Å²) in [5.41, 5.74) is 12.5. The van der Waals surface area contributed by atoms with Gasteiger partial charge in [-0.05, 0) is 61.1 Å². The maximum atomic E-state index is 13.2. The Morgan fingerprint density at radius 3 is 2.59 bits per heavy atom. The molecule has 0 aliphatic heterocycles. The quantitative estimate of drug-likeness (QED) is 0.558. The number of anilines is 2. The second-order valence-electron chi connectivity index (χ2n) is 8.86. The fourth-order valence-corrected chi connectivity index (χ4v) is 4.89. The second kappa shape index (κ2) is 8.69. The molecule has 1 aromatic heterocycles. The van der Waals surface area contributed by atoms with Crippen molar-refractivity contribution in [1.82, 2.24) is 9.97 Å². The molecule has 0 unspecified atom stereocenters. The van der Waals surface area contributed by atoms with Crippen LogP contribution in [-0.4, -0.2) is 15.9 Å². The van der Waals surface area contributed by atoms with Gasteiger partial charge in [-0.15, -0.1) is 0 Å². The molecule has 3 aromatic rings. The maximum Gasteiger partial charge on any atom is 0.229 e. The maximum absolute atomic E-state index is 13.2. The number of benzene rings is 2. The molecule has 0 spiro atoms. The van der Waals surface area contributed by atoms with Gasteiger partial charge in [0.15, 0.2) is 5.82 Å². The highest BCUT2D eigenvalue weighted by atomic mass is 19.1. The Morgan fingerprint density at radius 1 is 1.03 bits per heavy atom. The molecule has 5 rings (SSSR count). The number of aryl methyl sites for hydroxylation is 2. The van der Waals surface area contributed by atoms with Crippen molar-refractivity contribution in [2.75, 3.05) is 11.1 Å². The molecule has 0 radical (unpaired) electrons. The topological polar surface area (TPSA) is 80.9 Å². The molecule has 1 saturated carbocycles. The van der Waals surface area contributed by atoms with Crippen LogP contribution in [0.3, 0.4) is 0 Å². The molecule has 5 nitrogen and oxygen atoms in total. The SMILES string of the molecule is Nc1ccc2c(c1)CCc1nc(NC(=O)Cc3ccc(F)cc3)c(C3CCCCC3)nc1-2. The summed E-state index contributed by atoms with van der Waals surface area (Å²) in [7, 11) is 0. The Hall–Kier alpha value is -3.28. The van der Waals surface area contributed by atoms with E-state index in [1.807, 2.05) is 18.2 Å². The van der Waals surface area contributed by atoms with Crippen molar-refractivity contribution in [2.24, 2.45) is 0 Å². The summed E-state index contributed by atoms with van der Waals surface area (Å²) in [4.78, 5) is 22.9. The first kappa shape index (κ1) is 20.6. The number of nitrogens with zero attached hydrogens (tertiary/aromatic N) is 2. The fourth-order valence-electron chi connectivity index (χ4n) is 4.89. The molecule has 0 bridgehead atoms.